The average Bonchev–Trinajstić information content (AvgIpc) is 2.26. The first kappa shape index (κ1) is 17.5. The molecule has 0 aliphatic carbocycles. The van der Waals surface area contributed by atoms with Crippen LogP contribution in [0.5, 0.6) is 0 Å². The second kappa shape index (κ2) is 8.56. The summed E-state index contributed by atoms with van der Waals surface area (Å²) in [6.07, 6.45) is 3.97. The van der Waals surface area contributed by atoms with Crippen molar-refractivity contribution in [2.24, 2.45) is 11.8 Å². The van der Waals surface area contributed by atoms with Crippen LogP contribution in [0.4, 0.5) is 12.3 Å². The van der Waals surface area contributed by atoms with E-state index in [0.29, 0.717) is 0 Å². The number of ether oxygens (including phenoxy) is 1. The third kappa shape index (κ3) is 8.55. The van der Waals surface area contributed by atoms with Gasteiger partial charge in [-0.25, -0.2) is 12.3 Å². The van der Waals surface area contributed by atoms with Crippen LogP contribution in [0.1, 0.15) is 46.5 Å². The van der Waals surface area contributed by atoms with E-state index >= 15 is 0 Å². The zero-order chi connectivity index (χ0) is 14.2. The SMILES string of the molecule is CCCCC(CC)COC(=O)C(C)C[Si](F)(F)F. The molecule has 0 saturated carbocycles. The molecule has 2 nitrogen and oxygen atoms in total. The van der Waals surface area contributed by atoms with E-state index in [-0.39, 0.29) is 12.5 Å². The van der Waals surface area contributed by atoms with Gasteiger partial charge in [-0.05, 0) is 12.3 Å². The highest BCUT2D eigenvalue weighted by Crippen LogP contribution is 2.22. The van der Waals surface area contributed by atoms with E-state index in [1.807, 2.05) is 6.92 Å². The molecule has 0 N–H and O–H groups in total. The Morgan fingerprint density at radius 2 is 1.89 bits per heavy atom. The van der Waals surface area contributed by atoms with Crippen LogP contribution in [0, 0.1) is 11.8 Å². The lowest BCUT2D eigenvalue weighted by atomic mass is 10.0. The summed E-state index contributed by atoms with van der Waals surface area (Å²) in [6.45, 7) is 5.61. The van der Waals surface area contributed by atoms with Crippen molar-refractivity contribution in [3.05, 3.63) is 0 Å². The fourth-order valence-corrected chi connectivity index (χ4v) is 2.53. The molecule has 18 heavy (non-hydrogen) atoms. The minimum absolute atomic E-state index is 0.249. The van der Waals surface area contributed by atoms with Crippen LogP contribution in [0.15, 0.2) is 0 Å². The van der Waals surface area contributed by atoms with Gasteiger partial charge in [0.1, 0.15) is 0 Å². The van der Waals surface area contributed by atoms with Gasteiger partial charge in [-0.3, -0.25) is 4.79 Å². The van der Waals surface area contributed by atoms with Crippen LogP contribution in [0.3, 0.4) is 0 Å². The third-order valence-corrected chi connectivity index (χ3v) is 4.02. The molecule has 0 aliphatic heterocycles. The first-order valence-electron chi connectivity index (χ1n) is 6.53. The molecule has 0 rings (SSSR count). The summed E-state index contributed by atoms with van der Waals surface area (Å²) in [5.74, 6) is -1.50. The topological polar surface area (TPSA) is 26.3 Å². The van der Waals surface area contributed by atoms with Gasteiger partial charge in [0.15, 0.2) is 0 Å². The average molecular weight is 284 g/mol. The van der Waals surface area contributed by atoms with E-state index in [9.17, 15) is 17.1 Å². The van der Waals surface area contributed by atoms with Crippen molar-refractivity contribution >= 4 is 15.0 Å². The number of carbonyl (C=O) groups is 1. The Kier molecular flexibility index (Phi) is 8.31. The van der Waals surface area contributed by atoms with Crippen LogP contribution >= 0.6 is 0 Å². The number of hydrogen-bond donors (Lipinski definition) is 0. The van der Waals surface area contributed by atoms with Crippen molar-refractivity contribution in [3.8, 4) is 0 Å². The van der Waals surface area contributed by atoms with Crippen LogP contribution < -0.4 is 0 Å². The van der Waals surface area contributed by atoms with Crippen LogP contribution in [0.2, 0.25) is 6.04 Å². The Labute approximate surface area is 108 Å². The molecule has 0 fully saturated rings. The summed E-state index contributed by atoms with van der Waals surface area (Å²) < 4.78 is 41.7. The molecule has 2 unspecified atom stereocenters. The van der Waals surface area contributed by atoms with Crippen molar-refractivity contribution in [3.63, 3.8) is 0 Å². The zero-order valence-electron chi connectivity index (χ0n) is 11.3. The molecule has 0 aromatic carbocycles. The molecule has 0 amide bonds. The van der Waals surface area contributed by atoms with Crippen molar-refractivity contribution < 1.29 is 21.9 Å². The van der Waals surface area contributed by atoms with E-state index in [4.69, 9.17) is 4.74 Å². The van der Waals surface area contributed by atoms with Crippen molar-refractivity contribution in [2.45, 2.75) is 52.5 Å². The number of halogens is 3. The maximum atomic E-state index is 12.2. The van der Waals surface area contributed by atoms with Gasteiger partial charge in [0.05, 0.1) is 12.5 Å². The number of hydrogen-bond acceptors (Lipinski definition) is 2. The molecular formula is C12H23F3O2Si. The molecular weight excluding hydrogens is 261 g/mol. The summed E-state index contributed by atoms with van der Waals surface area (Å²) >= 11 is 0. The van der Waals surface area contributed by atoms with Gasteiger partial charge in [0.2, 0.25) is 0 Å². The lowest BCUT2D eigenvalue weighted by Gasteiger charge is -2.17. The first-order valence-corrected chi connectivity index (χ1v) is 8.37. The minimum atomic E-state index is -5.67. The summed E-state index contributed by atoms with van der Waals surface area (Å²) in [5, 5.41) is 0. The van der Waals surface area contributed by atoms with Crippen LogP contribution in [-0.2, 0) is 9.53 Å². The van der Waals surface area contributed by atoms with Crippen molar-refractivity contribution in [1.82, 2.24) is 0 Å². The Morgan fingerprint density at radius 3 is 2.33 bits per heavy atom. The highest BCUT2D eigenvalue weighted by Gasteiger charge is 2.40. The lowest BCUT2D eigenvalue weighted by molar-refractivity contribution is -0.149. The Balaban J connectivity index is 3.99. The Morgan fingerprint density at radius 1 is 1.28 bits per heavy atom. The number of unbranched alkanes of at least 4 members (excludes halogenated alkanes) is 1. The highest BCUT2D eigenvalue weighted by molar-refractivity contribution is 6.58. The largest absolute Gasteiger partial charge is 0.616 e. The number of rotatable bonds is 9. The van der Waals surface area contributed by atoms with Crippen LogP contribution in [-0.4, -0.2) is 21.7 Å². The number of esters is 1. The maximum absolute atomic E-state index is 12.2. The molecule has 0 bridgehead atoms. The van der Waals surface area contributed by atoms with Gasteiger partial charge in [0, 0.05) is 6.04 Å². The molecule has 2 atom stereocenters. The summed E-state index contributed by atoms with van der Waals surface area (Å²) in [6, 6.07) is -0.975. The molecule has 108 valence electrons. The normalized spacial score (nSPS) is 15.2. The van der Waals surface area contributed by atoms with Gasteiger partial charge in [-0.1, -0.05) is 40.0 Å². The molecule has 0 aromatic rings. The smallest absolute Gasteiger partial charge is 0.465 e. The molecule has 0 aromatic heterocycles. The quantitative estimate of drug-likeness (QED) is 0.360. The summed E-state index contributed by atoms with van der Waals surface area (Å²) in [4.78, 5) is 11.4. The second-order valence-corrected chi connectivity index (χ2v) is 6.41. The van der Waals surface area contributed by atoms with Gasteiger partial charge in [-0.2, -0.15) is 0 Å². The maximum Gasteiger partial charge on any atom is 0.616 e. The molecule has 6 heteroatoms. The van der Waals surface area contributed by atoms with Crippen LogP contribution in [0.25, 0.3) is 0 Å². The monoisotopic (exact) mass is 284 g/mol. The standard InChI is InChI=1S/C12H23F3O2Si/c1-4-6-7-11(5-2)8-17-12(16)10(3)9-18(13,14)15/h10-11H,4-9H2,1-3H3. The van der Waals surface area contributed by atoms with Gasteiger partial charge in [-0.15, -0.1) is 0 Å². The van der Waals surface area contributed by atoms with E-state index in [1.165, 1.54) is 6.92 Å². The second-order valence-electron chi connectivity index (χ2n) is 4.77. The Bertz CT molecular complexity index is 244. The van der Waals surface area contributed by atoms with Crippen molar-refractivity contribution in [2.75, 3.05) is 6.61 Å². The fourth-order valence-electron chi connectivity index (χ4n) is 1.67. The van der Waals surface area contributed by atoms with Gasteiger partial charge in [0.25, 0.3) is 0 Å². The lowest BCUT2D eigenvalue weighted by Crippen LogP contribution is -2.26. The van der Waals surface area contributed by atoms with E-state index < -0.39 is 27.0 Å². The Hall–Kier alpha value is -0.523. The van der Waals surface area contributed by atoms with Gasteiger partial charge < -0.3 is 4.74 Å². The highest BCUT2D eigenvalue weighted by atomic mass is 28.5. The summed E-state index contributed by atoms with van der Waals surface area (Å²) in [7, 11) is -5.67. The molecule has 0 aliphatic rings. The molecule has 0 radical (unpaired) electrons. The van der Waals surface area contributed by atoms with E-state index in [2.05, 4.69) is 6.92 Å². The predicted octanol–water partition coefficient (Wildman–Crippen LogP) is 4.23. The minimum Gasteiger partial charge on any atom is -0.465 e. The fraction of sp³-hybridized carbons (Fsp3) is 0.917. The predicted molar refractivity (Wildman–Crippen MR) is 67.3 cm³/mol. The first-order chi connectivity index (χ1) is 8.30. The van der Waals surface area contributed by atoms with Gasteiger partial charge >= 0.3 is 15.0 Å². The summed E-state index contributed by atoms with van der Waals surface area (Å²) in [5.41, 5.74) is 0. The van der Waals surface area contributed by atoms with Crippen molar-refractivity contribution in [1.29, 1.82) is 0 Å². The van der Waals surface area contributed by atoms with E-state index in [1.54, 1.807) is 0 Å². The third-order valence-electron chi connectivity index (χ3n) is 2.94. The van der Waals surface area contributed by atoms with E-state index in [0.717, 1.165) is 25.7 Å². The number of carbonyl (C=O) groups excluding carboxylic acids is 1. The molecule has 0 spiro atoms. The zero-order valence-corrected chi connectivity index (χ0v) is 12.3. The molecule has 0 saturated heterocycles. The molecule has 0 heterocycles.